The van der Waals surface area contributed by atoms with Crippen molar-refractivity contribution in [3.05, 3.63) is 0 Å². The van der Waals surface area contributed by atoms with Crippen molar-refractivity contribution in [1.82, 2.24) is 10.4 Å². The molecule has 0 radical (unpaired) electrons. The van der Waals surface area contributed by atoms with Crippen LogP contribution in [-0.2, 0) is 22.9 Å². The quantitative estimate of drug-likeness (QED) is 0.256. The van der Waals surface area contributed by atoms with Gasteiger partial charge in [0.15, 0.2) is 0 Å². The van der Waals surface area contributed by atoms with Gasteiger partial charge < -0.3 is 29.9 Å². The van der Waals surface area contributed by atoms with Crippen LogP contribution in [0.4, 0.5) is 4.79 Å². The fourth-order valence-corrected chi connectivity index (χ4v) is 2.23. The molecule has 0 aliphatic carbocycles. The third-order valence-corrected chi connectivity index (χ3v) is 3.78. The molecule has 1 atom stereocenters. The van der Waals surface area contributed by atoms with Crippen LogP contribution < -0.4 is 16.9 Å². The first-order valence-corrected chi connectivity index (χ1v) is 8.57. The number of carbonyl (C=O) groups is 3. The lowest BCUT2D eigenvalue weighted by molar-refractivity contribution is -0.144. The summed E-state index contributed by atoms with van der Waals surface area (Å²) in [5.41, 5.74) is 12.1. The van der Waals surface area contributed by atoms with Gasteiger partial charge in [0.25, 0.3) is 0 Å². The van der Waals surface area contributed by atoms with Gasteiger partial charge in [-0.2, -0.15) is 0 Å². The number of hydrogen-bond donors (Lipinski definition) is 4. The summed E-state index contributed by atoms with van der Waals surface area (Å²) in [7, 11) is 3.05. The maximum atomic E-state index is 11.0. The van der Waals surface area contributed by atoms with Gasteiger partial charge in [-0.3, -0.25) is 15.0 Å². The Hall–Kier alpha value is -1.73. The van der Waals surface area contributed by atoms with Gasteiger partial charge in [0.05, 0.1) is 0 Å². The second-order valence-corrected chi connectivity index (χ2v) is 6.52. The first-order valence-electron chi connectivity index (χ1n) is 7.15. The van der Waals surface area contributed by atoms with Crippen LogP contribution in [0.3, 0.4) is 0 Å². The Morgan fingerprint density at radius 2 is 1.67 bits per heavy atom. The van der Waals surface area contributed by atoms with Gasteiger partial charge in [-0.15, -0.1) is 0 Å². The Bertz CT molecular complexity index is 377. The van der Waals surface area contributed by atoms with Gasteiger partial charge in [-0.25, -0.2) is 9.80 Å². The topological polar surface area (TPSA) is 166 Å². The molecule has 0 aromatic rings. The van der Waals surface area contributed by atoms with Crippen LogP contribution in [0.25, 0.3) is 0 Å². The maximum absolute atomic E-state index is 11.0. The Balaban J connectivity index is 0. The normalized spacial score (nSPS) is 11.6. The molecule has 0 bridgehead atoms. The summed E-state index contributed by atoms with van der Waals surface area (Å²) in [4.78, 5) is 32.4. The Labute approximate surface area is 143 Å². The van der Waals surface area contributed by atoms with E-state index in [-0.39, 0.29) is 12.8 Å². The predicted octanol–water partition coefficient (Wildman–Crippen LogP) is -1.36. The molecule has 12 heteroatoms. The lowest BCUT2D eigenvalue weighted by atomic mass is 10.1. The highest BCUT2D eigenvalue weighted by atomic mass is 28.3. The smallest absolute Gasteiger partial charge is 0.480 e. The van der Waals surface area contributed by atoms with Crippen LogP contribution in [0.5, 0.6) is 0 Å². The number of hydrogen-bond acceptors (Lipinski definition) is 7. The van der Waals surface area contributed by atoms with Crippen molar-refractivity contribution in [2.24, 2.45) is 11.5 Å². The van der Waals surface area contributed by atoms with Crippen LogP contribution in [0, 0.1) is 0 Å². The van der Waals surface area contributed by atoms with E-state index >= 15 is 0 Å². The van der Waals surface area contributed by atoms with Gasteiger partial charge in [-0.1, -0.05) is 6.92 Å². The lowest BCUT2D eigenvalue weighted by Crippen LogP contribution is -2.53. The van der Waals surface area contributed by atoms with Gasteiger partial charge in [0.1, 0.15) is 6.04 Å². The molecule has 6 N–H and O–H groups in total. The Kier molecular flexibility index (Phi) is 15.2. The highest BCUT2D eigenvalue weighted by Crippen LogP contribution is 2.06. The van der Waals surface area contributed by atoms with E-state index in [0.29, 0.717) is 13.0 Å². The van der Waals surface area contributed by atoms with E-state index in [4.69, 9.17) is 29.9 Å². The van der Waals surface area contributed by atoms with Crippen molar-refractivity contribution in [2.75, 3.05) is 27.9 Å². The average Bonchev–Trinajstić information content (AvgIpc) is 2.48. The van der Waals surface area contributed by atoms with E-state index in [1.807, 2.05) is 6.92 Å². The van der Waals surface area contributed by atoms with Crippen molar-refractivity contribution < 1.29 is 32.8 Å². The Morgan fingerprint density at radius 1 is 1.17 bits per heavy atom. The van der Waals surface area contributed by atoms with E-state index in [2.05, 4.69) is 5.43 Å². The number of amides is 3. The summed E-state index contributed by atoms with van der Waals surface area (Å²) >= 11 is 0. The molecular weight excluding hydrogens is 340 g/mol. The minimum atomic E-state index is -1.67. The fourth-order valence-electron chi connectivity index (χ4n) is 1.65. The molecular formula is C12H28N4O7Si. The lowest BCUT2D eigenvalue weighted by Gasteiger charge is -2.27. The number of carboxylic acids is 1. The monoisotopic (exact) mass is 368 g/mol. The molecule has 11 nitrogen and oxygen atoms in total. The highest BCUT2D eigenvalue weighted by Gasteiger charge is 2.26. The fraction of sp³-hybridized carbons (Fsp3) is 0.750. The largest absolute Gasteiger partial charge is 0.483 e. The van der Waals surface area contributed by atoms with Gasteiger partial charge in [-0.05, 0) is 12.8 Å². The minimum absolute atomic E-state index is 0.0188. The van der Waals surface area contributed by atoms with Crippen LogP contribution in [0.1, 0.15) is 26.2 Å². The van der Waals surface area contributed by atoms with Crippen LogP contribution in [0.2, 0.25) is 0 Å². The summed E-state index contributed by atoms with van der Waals surface area (Å²) < 4.78 is 14.2. The number of primary amides is 2. The third kappa shape index (κ3) is 12.8. The van der Waals surface area contributed by atoms with E-state index in [1.54, 1.807) is 21.3 Å². The highest BCUT2D eigenvalue weighted by molar-refractivity contribution is 6.36. The number of carboxylic acid groups (broad SMARTS) is 1. The summed E-state index contributed by atoms with van der Waals surface area (Å²) in [6.07, 6.45) is 0.573. The molecule has 0 aliphatic heterocycles. The average molecular weight is 368 g/mol. The summed E-state index contributed by atoms with van der Waals surface area (Å²) in [5, 5.41) is 10.2. The van der Waals surface area contributed by atoms with Gasteiger partial charge >= 0.3 is 21.5 Å². The molecule has 1 unspecified atom stereocenters. The zero-order valence-electron chi connectivity index (χ0n) is 14.5. The predicted molar refractivity (Wildman–Crippen MR) is 87.7 cm³/mol. The van der Waals surface area contributed by atoms with Crippen molar-refractivity contribution in [3.8, 4) is 0 Å². The summed E-state index contributed by atoms with van der Waals surface area (Å²) in [5.74, 6) is -1.74. The number of nitrogens with one attached hydrogen (secondary N) is 1. The van der Waals surface area contributed by atoms with E-state index in [0.717, 1.165) is 0 Å². The first-order chi connectivity index (χ1) is 11.2. The molecule has 0 spiro atoms. The van der Waals surface area contributed by atoms with E-state index in [9.17, 15) is 14.4 Å². The minimum Gasteiger partial charge on any atom is -0.480 e. The number of hydrazine groups is 1. The maximum Gasteiger partial charge on any atom is 0.483 e. The van der Waals surface area contributed by atoms with Crippen molar-refractivity contribution >= 4 is 27.4 Å². The standard InChI is InChI=1S/C9H18N4O4.C3H10O3Si/c1-2-5-13(12-9(11)17)6(8(15)16)3-4-7(10)14;1-4-7(5-2)6-3/h6H,2-5H2,1H3,(H2,10,14)(H,15,16)(H3,11,12,17);7H,1-3H3. The zero-order valence-corrected chi connectivity index (χ0v) is 15.6. The zero-order chi connectivity index (χ0) is 19.1. The molecule has 0 saturated carbocycles. The molecule has 24 heavy (non-hydrogen) atoms. The van der Waals surface area contributed by atoms with Gasteiger partial charge in [0, 0.05) is 34.3 Å². The number of nitrogens with zero attached hydrogens (tertiary/aromatic N) is 1. The number of urea groups is 1. The number of carbonyl (C=O) groups excluding carboxylic acids is 2. The SMILES string of the molecule is CCCN(NC(N)=O)C(CCC(N)=O)C(=O)O.CO[SiH](OC)OC. The van der Waals surface area contributed by atoms with E-state index < -0.39 is 33.5 Å². The molecule has 0 heterocycles. The first kappa shape index (κ1) is 24.5. The van der Waals surface area contributed by atoms with Crippen molar-refractivity contribution in [2.45, 2.75) is 32.2 Å². The molecule has 0 rings (SSSR count). The number of aliphatic carboxylic acids is 1. The Morgan fingerprint density at radius 3 is 1.92 bits per heavy atom. The molecule has 0 aromatic carbocycles. The molecule has 0 saturated heterocycles. The second kappa shape index (κ2) is 14.8. The summed E-state index contributed by atoms with van der Waals surface area (Å²) in [6, 6.07) is -1.86. The van der Waals surface area contributed by atoms with Crippen LogP contribution >= 0.6 is 0 Å². The molecule has 3 amide bonds. The van der Waals surface area contributed by atoms with Gasteiger partial charge in [0.2, 0.25) is 5.91 Å². The molecule has 0 fully saturated rings. The summed E-state index contributed by atoms with van der Waals surface area (Å²) in [6.45, 7) is 2.14. The number of nitrogens with two attached hydrogens (primary N) is 2. The second-order valence-electron chi connectivity index (χ2n) is 4.52. The molecule has 142 valence electrons. The molecule has 0 aliphatic rings. The van der Waals surface area contributed by atoms with Crippen LogP contribution in [-0.4, -0.2) is 71.5 Å². The van der Waals surface area contributed by atoms with E-state index in [1.165, 1.54) is 5.01 Å². The van der Waals surface area contributed by atoms with Crippen molar-refractivity contribution in [1.29, 1.82) is 0 Å². The molecule has 0 aromatic heterocycles. The number of rotatable bonds is 11. The third-order valence-electron chi connectivity index (χ3n) is 2.62. The van der Waals surface area contributed by atoms with Crippen LogP contribution in [0.15, 0.2) is 0 Å². The van der Waals surface area contributed by atoms with Crippen molar-refractivity contribution in [3.63, 3.8) is 0 Å².